The summed E-state index contributed by atoms with van der Waals surface area (Å²) in [4.78, 5) is 15.8. The van der Waals surface area contributed by atoms with Crippen molar-refractivity contribution in [3.05, 3.63) is 24.0 Å². The van der Waals surface area contributed by atoms with E-state index in [2.05, 4.69) is 74.8 Å². The molecule has 1 saturated heterocycles. The van der Waals surface area contributed by atoms with E-state index >= 15 is 0 Å². The van der Waals surface area contributed by atoms with Crippen molar-refractivity contribution in [2.75, 3.05) is 17.3 Å². The van der Waals surface area contributed by atoms with Crippen LogP contribution in [-0.4, -0.2) is 65.4 Å². The Morgan fingerprint density at radius 2 is 1.82 bits per heavy atom. The molecule has 0 saturated carbocycles. The molecule has 3 aromatic rings. The molecule has 0 radical (unpaired) electrons. The van der Waals surface area contributed by atoms with Crippen LogP contribution < -0.4 is 20.3 Å². The summed E-state index contributed by atoms with van der Waals surface area (Å²) < 4.78 is 7.69. The van der Waals surface area contributed by atoms with E-state index in [1.165, 1.54) is 0 Å². The average Bonchev–Trinajstić information content (AvgIpc) is 3.32. The second kappa shape index (κ2) is 10.7. The fourth-order valence-corrected chi connectivity index (χ4v) is 5.34. The van der Waals surface area contributed by atoms with Gasteiger partial charge in [-0.3, -0.25) is 0 Å². The average molecular weight is 534 g/mol. The topological polar surface area (TPSA) is 143 Å². The SMILES string of the molecule is CC(C)Oc1ncc(Nc2ncc(C#N)c(N(C)C3CC(C)(C)NC(C)(C)C3)n2)cc1-c1nnnn1C(C)C. The van der Waals surface area contributed by atoms with E-state index in [9.17, 15) is 5.26 Å². The third-order valence-corrected chi connectivity index (χ3v) is 6.62. The van der Waals surface area contributed by atoms with E-state index in [0.717, 1.165) is 12.8 Å². The number of piperidine rings is 1. The van der Waals surface area contributed by atoms with Gasteiger partial charge in [0.15, 0.2) is 11.6 Å². The number of rotatable bonds is 8. The van der Waals surface area contributed by atoms with Crippen LogP contribution in [0.4, 0.5) is 17.5 Å². The number of anilines is 3. The third-order valence-electron chi connectivity index (χ3n) is 6.62. The van der Waals surface area contributed by atoms with E-state index < -0.39 is 0 Å². The first-order valence-corrected chi connectivity index (χ1v) is 13.3. The van der Waals surface area contributed by atoms with Crippen LogP contribution in [0.3, 0.4) is 0 Å². The molecule has 2 N–H and O–H groups in total. The molecule has 1 aliphatic rings. The molecular formula is C27H39N11O. The first-order chi connectivity index (χ1) is 18.3. The van der Waals surface area contributed by atoms with Gasteiger partial charge in [0.1, 0.15) is 11.6 Å². The Balaban J connectivity index is 1.68. The van der Waals surface area contributed by atoms with Crippen LogP contribution in [-0.2, 0) is 0 Å². The number of hydrogen-bond acceptors (Lipinski definition) is 11. The lowest BCUT2D eigenvalue weighted by molar-refractivity contribution is 0.160. The Hall–Kier alpha value is -3.85. The highest BCUT2D eigenvalue weighted by Gasteiger charge is 2.40. The van der Waals surface area contributed by atoms with Gasteiger partial charge in [-0.05, 0) is 84.7 Å². The number of nitrogens with zero attached hydrogens (tertiary/aromatic N) is 9. The maximum Gasteiger partial charge on any atom is 0.229 e. The number of nitrogens with one attached hydrogen (secondary N) is 2. The Morgan fingerprint density at radius 3 is 2.44 bits per heavy atom. The smallest absolute Gasteiger partial charge is 0.229 e. The number of hydrogen-bond donors (Lipinski definition) is 2. The minimum atomic E-state index is -0.0802. The second-order valence-electron chi connectivity index (χ2n) is 12.0. The van der Waals surface area contributed by atoms with Gasteiger partial charge in [-0.1, -0.05) is 0 Å². The maximum absolute atomic E-state index is 9.83. The molecule has 12 heteroatoms. The molecule has 0 unspecified atom stereocenters. The molecule has 4 rings (SSSR count). The molecule has 0 aliphatic carbocycles. The van der Waals surface area contributed by atoms with Crippen molar-refractivity contribution in [2.24, 2.45) is 0 Å². The molecule has 0 bridgehead atoms. The molecule has 39 heavy (non-hydrogen) atoms. The van der Waals surface area contributed by atoms with Crippen LogP contribution in [0, 0.1) is 11.3 Å². The summed E-state index contributed by atoms with van der Waals surface area (Å²) in [5.41, 5.74) is 1.62. The van der Waals surface area contributed by atoms with Crippen LogP contribution in [0.1, 0.15) is 79.8 Å². The molecule has 0 amide bonds. The Kier molecular flexibility index (Phi) is 7.75. The van der Waals surface area contributed by atoms with Crippen molar-refractivity contribution in [3.63, 3.8) is 0 Å². The number of tetrazole rings is 1. The van der Waals surface area contributed by atoms with E-state index in [1.807, 2.05) is 40.8 Å². The molecule has 0 aromatic carbocycles. The highest BCUT2D eigenvalue weighted by Crippen LogP contribution is 2.35. The fourth-order valence-electron chi connectivity index (χ4n) is 5.34. The Bertz CT molecular complexity index is 1340. The molecule has 0 spiro atoms. The van der Waals surface area contributed by atoms with Crippen molar-refractivity contribution < 1.29 is 4.74 Å². The summed E-state index contributed by atoms with van der Waals surface area (Å²) in [5, 5.41) is 29.0. The lowest BCUT2D eigenvalue weighted by Crippen LogP contribution is -2.62. The normalized spacial score (nSPS) is 16.8. The predicted octanol–water partition coefficient (Wildman–Crippen LogP) is 4.25. The monoisotopic (exact) mass is 533 g/mol. The first kappa shape index (κ1) is 28.2. The van der Waals surface area contributed by atoms with Crippen molar-refractivity contribution in [1.82, 2.24) is 40.5 Å². The summed E-state index contributed by atoms with van der Waals surface area (Å²) in [7, 11) is 2.00. The lowest BCUT2D eigenvalue weighted by Gasteiger charge is -2.49. The molecule has 1 fully saturated rings. The minimum Gasteiger partial charge on any atom is -0.474 e. The van der Waals surface area contributed by atoms with Gasteiger partial charge in [-0.25, -0.2) is 14.6 Å². The zero-order chi connectivity index (χ0) is 28.5. The van der Waals surface area contributed by atoms with Crippen LogP contribution >= 0.6 is 0 Å². The summed E-state index contributed by atoms with van der Waals surface area (Å²) in [6.45, 7) is 16.7. The molecular weight excluding hydrogens is 494 g/mol. The van der Waals surface area contributed by atoms with E-state index in [-0.39, 0.29) is 29.3 Å². The lowest BCUT2D eigenvalue weighted by atomic mass is 9.79. The van der Waals surface area contributed by atoms with Gasteiger partial charge >= 0.3 is 0 Å². The molecule has 4 heterocycles. The summed E-state index contributed by atoms with van der Waals surface area (Å²) in [6, 6.07) is 4.37. The summed E-state index contributed by atoms with van der Waals surface area (Å²) in [6.07, 6.45) is 4.97. The van der Waals surface area contributed by atoms with Crippen LogP contribution in [0.15, 0.2) is 18.5 Å². The number of ether oxygens (including phenoxy) is 1. The quantitative estimate of drug-likeness (QED) is 0.429. The fraction of sp³-hybridized carbons (Fsp3) is 0.593. The third kappa shape index (κ3) is 6.42. The maximum atomic E-state index is 9.83. The standard InChI is InChI=1S/C27H39N11O/c1-16(2)38-23(33-35-36-38)21-10-19(15-29-24(21)39-17(3)4)31-25-30-14-18(13-28)22(32-25)37(9)20-11-26(5,6)34-27(7,8)12-20/h10,14-17,20,34H,11-12H2,1-9H3,(H,30,31,32). The van der Waals surface area contributed by atoms with Gasteiger partial charge in [0, 0.05) is 24.2 Å². The Morgan fingerprint density at radius 1 is 1.13 bits per heavy atom. The van der Waals surface area contributed by atoms with Gasteiger partial charge in [-0.2, -0.15) is 10.2 Å². The van der Waals surface area contributed by atoms with Crippen molar-refractivity contribution >= 4 is 17.5 Å². The van der Waals surface area contributed by atoms with E-state index in [1.54, 1.807) is 17.1 Å². The zero-order valence-electron chi connectivity index (χ0n) is 24.3. The van der Waals surface area contributed by atoms with Crippen molar-refractivity contribution in [3.8, 4) is 23.3 Å². The highest BCUT2D eigenvalue weighted by atomic mass is 16.5. The second-order valence-corrected chi connectivity index (χ2v) is 12.0. The molecule has 0 atom stereocenters. The van der Waals surface area contributed by atoms with Crippen molar-refractivity contribution in [1.29, 1.82) is 5.26 Å². The van der Waals surface area contributed by atoms with Gasteiger partial charge in [0.25, 0.3) is 0 Å². The van der Waals surface area contributed by atoms with Crippen LogP contribution in [0.5, 0.6) is 5.88 Å². The van der Waals surface area contributed by atoms with Gasteiger partial charge in [-0.15, -0.1) is 5.10 Å². The number of nitriles is 1. The largest absolute Gasteiger partial charge is 0.474 e. The zero-order valence-corrected chi connectivity index (χ0v) is 24.3. The Labute approximate surface area is 230 Å². The number of pyridine rings is 1. The molecule has 208 valence electrons. The highest BCUT2D eigenvalue weighted by molar-refractivity contribution is 5.69. The van der Waals surface area contributed by atoms with Crippen LogP contribution in [0.2, 0.25) is 0 Å². The predicted molar refractivity (Wildman–Crippen MR) is 150 cm³/mol. The number of aromatic nitrogens is 7. The molecule has 1 aliphatic heterocycles. The van der Waals surface area contributed by atoms with Crippen LogP contribution in [0.25, 0.3) is 11.4 Å². The van der Waals surface area contributed by atoms with Gasteiger partial charge in [0.05, 0.1) is 35.8 Å². The molecule has 3 aromatic heterocycles. The van der Waals surface area contributed by atoms with Gasteiger partial charge < -0.3 is 20.3 Å². The first-order valence-electron chi connectivity index (χ1n) is 13.3. The van der Waals surface area contributed by atoms with E-state index in [0.29, 0.717) is 40.3 Å². The molecule has 12 nitrogen and oxygen atoms in total. The van der Waals surface area contributed by atoms with E-state index in [4.69, 9.17) is 9.72 Å². The minimum absolute atomic E-state index is 0.0448. The summed E-state index contributed by atoms with van der Waals surface area (Å²) in [5.74, 6) is 1.93. The summed E-state index contributed by atoms with van der Waals surface area (Å²) >= 11 is 0. The van der Waals surface area contributed by atoms with Gasteiger partial charge in [0.2, 0.25) is 11.8 Å². The van der Waals surface area contributed by atoms with Crippen molar-refractivity contribution in [2.45, 2.75) is 97.5 Å².